The van der Waals surface area contributed by atoms with Crippen LogP contribution in [0.4, 0.5) is 15.8 Å². The Kier molecular flexibility index (Phi) is 3.95. The third-order valence-electron chi connectivity index (χ3n) is 3.78. The topological polar surface area (TPSA) is 35.5 Å². The molecule has 3 nitrogen and oxygen atoms in total. The van der Waals surface area contributed by atoms with Gasteiger partial charge in [0, 0.05) is 37.1 Å². The van der Waals surface area contributed by atoms with E-state index in [1.807, 2.05) is 12.1 Å². The Bertz CT molecular complexity index is 586. The monoisotopic (exact) mass is 286 g/mol. The standard InChI is InChI=1S/C17H19FN2O/c18-14-9-13(10-17(21)11-14)12-19-15-3-5-16(6-4-15)20-7-1-2-8-20/h3-6,9-11,19,21H,1-2,7-8,12H2. The molecule has 4 heteroatoms. The van der Waals surface area contributed by atoms with Gasteiger partial charge in [0.1, 0.15) is 11.6 Å². The number of anilines is 2. The summed E-state index contributed by atoms with van der Waals surface area (Å²) in [5, 5.41) is 12.6. The second-order valence-corrected chi connectivity index (χ2v) is 5.41. The van der Waals surface area contributed by atoms with Gasteiger partial charge in [-0.25, -0.2) is 4.39 Å². The lowest BCUT2D eigenvalue weighted by Gasteiger charge is -2.18. The zero-order valence-electron chi connectivity index (χ0n) is 11.8. The average Bonchev–Trinajstić information content (AvgIpc) is 2.99. The lowest BCUT2D eigenvalue weighted by Crippen LogP contribution is -2.17. The molecule has 0 unspecified atom stereocenters. The van der Waals surface area contributed by atoms with E-state index in [0.717, 1.165) is 30.4 Å². The van der Waals surface area contributed by atoms with Gasteiger partial charge in [-0.3, -0.25) is 0 Å². The van der Waals surface area contributed by atoms with Gasteiger partial charge in [-0.15, -0.1) is 0 Å². The molecule has 1 saturated heterocycles. The van der Waals surface area contributed by atoms with Gasteiger partial charge < -0.3 is 15.3 Å². The SMILES string of the molecule is Oc1cc(F)cc(CNc2ccc(N3CCCC3)cc2)c1. The number of aromatic hydroxyl groups is 1. The molecule has 0 aliphatic carbocycles. The average molecular weight is 286 g/mol. The van der Waals surface area contributed by atoms with Crippen molar-refractivity contribution in [1.29, 1.82) is 0 Å². The Morgan fingerprint density at radius 2 is 1.76 bits per heavy atom. The highest BCUT2D eigenvalue weighted by molar-refractivity contribution is 5.55. The zero-order chi connectivity index (χ0) is 14.7. The van der Waals surface area contributed by atoms with E-state index in [1.165, 1.54) is 24.6 Å². The normalized spacial score (nSPS) is 14.4. The van der Waals surface area contributed by atoms with Gasteiger partial charge in [0.2, 0.25) is 0 Å². The van der Waals surface area contributed by atoms with E-state index >= 15 is 0 Å². The first kappa shape index (κ1) is 13.7. The van der Waals surface area contributed by atoms with Gasteiger partial charge in [-0.2, -0.15) is 0 Å². The van der Waals surface area contributed by atoms with E-state index in [-0.39, 0.29) is 5.75 Å². The summed E-state index contributed by atoms with van der Waals surface area (Å²) in [7, 11) is 0. The molecule has 2 aromatic carbocycles. The number of rotatable bonds is 4. The molecule has 2 aromatic rings. The van der Waals surface area contributed by atoms with Crippen LogP contribution in [0.1, 0.15) is 18.4 Å². The molecule has 0 aromatic heterocycles. The van der Waals surface area contributed by atoms with Crippen LogP contribution in [0.25, 0.3) is 0 Å². The fourth-order valence-corrected chi connectivity index (χ4v) is 2.70. The molecule has 21 heavy (non-hydrogen) atoms. The summed E-state index contributed by atoms with van der Waals surface area (Å²) in [5.74, 6) is -0.465. The minimum Gasteiger partial charge on any atom is -0.508 e. The third kappa shape index (κ3) is 3.45. The van der Waals surface area contributed by atoms with E-state index in [2.05, 4.69) is 22.3 Å². The molecule has 1 aliphatic rings. The van der Waals surface area contributed by atoms with Gasteiger partial charge in [-0.1, -0.05) is 0 Å². The highest BCUT2D eigenvalue weighted by Crippen LogP contribution is 2.22. The summed E-state index contributed by atoms with van der Waals surface area (Å²) in [5.41, 5.74) is 2.96. The number of benzene rings is 2. The van der Waals surface area contributed by atoms with E-state index in [0.29, 0.717) is 6.54 Å². The van der Waals surface area contributed by atoms with Crippen LogP contribution in [0.3, 0.4) is 0 Å². The molecular formula is C17H19FN2O. The summed E-state index contributed by atoms with van der Waals surface area (Å²) >= 11 is 0. The maximum absolute atomic E-state index is 13.2. The molecule has 3 rings (SSSR count). The van der Waals surface area contributed by atoms with Crippen LogP contribution >= 0.6 is 0 Å². The molecule has 0 atom stereocenters. The molecule has 1 heterocycles. The van der Waals surface area contributed by atoms with Crippen molar-refractivity contribution in [2.24, 2.45) is 0 Å². The smallest absolute Gasteiger partial charge is 0.127 e. The number of nitrogens with one attached hydrogen (secondary N) is 1. The van der Waals surface area contributed by atoms with Crippen LogP contribution < -0.4 is 10.2 Å². The summed E-state index contributed by atoms with van der Waals surface area (Å²) in [6.45, 7) is 2.75. The maximum atomic E-state index is 13.2. The Hall–Kier alpha value is -2.23. The van der Waals surface area contributed by atoms with E-state index in [9.17, 15) is 9.50 Å². The molecule has 0 saturated carbocycles. The molecule has 0 radical (unpaired) electrons. The van der Waals surface area contributed by atoms with Crippen molar-refractivity contribution in [3.63, 3.8) is 0 Å². The molecule has 2 N–H and O–H groups in total. The van der Waals surface area contributed by atoms with E-state index < -0.39 is 5.82 Å². The third-order valence-corrected chi connectivity index (χ3v) is 3.78. The molecule has 0 bridgehead atoms. The van der Waals surface area contributed by atoms with Crippen LogP contribution in [0, 0.1) is 5.82 Å². The number of hydrogen-bond donors (Lipinski definition) is 2. The minimum absolute atomic E-state index is 0.0452. The van der Waals surface area contributed by atoms with Gasteiger partial charge >= 0.3 is 0 Å². The van der Waals surface area contributed by atoms with Gasteiger partial charge in [0.05, 0.1) is 0 Å². The van der Waals surface area contributed by atoms with E-state index in [1.54, 1.807) is 6.07 Å². The number of phenols is 1. The molecule has 1 aliphatic heterocycles. The van der Waals surface area contributed by atoms with Crippen LogP contribution in [-0.4, -0.2) is 18.2 Å². The first-order valence-corrected chi connectivity index (χ1v) is 7.28. The number of halogens is 1. The fraction of sp³-hybridized carbons (Fsp3) is 0.294. The summed E-state index contributed by atoms with van der Waals surface area (Å²) in [6.07, 6.45) is 2.53. The van der Waals surface area contributed by atoms with Gasteiger partial charge in [0.25, 0.3) is 0 Å². The predicted molar refractivity (Wildman–Crippen MR) is 83.3 cm³/mol. The molecule has 0 spiro atoms. The fourth-order valence-electron chi connectivity index (χ4n) is 2.70. The van der Waals surface area contributed by atoms with E-state index in [4.69, 9.17) is 0 Å². The lowest BCUT2D eigenvalue weighted by atomic mass is 10.2. The highest BCUT2D eigenvalue weighted by atomic mass is 19.1. The Balaban J connectivity index is 1.62. The lowest BCUT2D eigenvalue weighted by molar-refractivity contribution is 0.468. The van der Waals surface area contributed by atoms with Crippen LogP contribution in [0.15, 0.2) is 42.5 Å². The highest BCUT2D eigenvalue weighted by Gasteiger charge is 2.11. The number of phenolic OH excluding ortho intramolecular Hbond substituents is 1. The van der Waals surface area contributed by atoms with Crippen LogP contribution in [-0.2, 0) is 6.54 Å². The van der Waals surface area contributed by atoms with Crippen molar-refractivity contribution in [2.45, 2.75) is 19.4 Å². The van der Waals surface area contributed by atoms with Crippen LogP contribution in [0.5, 0.6) is 5.75 Å². The first-order chi connectivity index (χ1) is 10.2. The Labute approximate surface area is 124 Å². The molecule has 1 fully saturated rings. The Morgan fingerprint density at radius 3 is 2.43 bits per heavy atom. The zero-order valence-corrected chi connectivity index (χ0v) is 11.8. The molecule has 110 valence electrons. The van der Waals surface area contributed by atoms with Gasteiger partial charge in [0.15, 0.2) is 0 Å². The number of hydrogen-bond acceptors (Lipinski definition) is 3. The molecular weight excluding hydrogens is 267 g/mol. The minimum atomic E-state index is -0.420. The van der Waals surface area contributed by atoms with Crippen molar-refractivity contribution in [1.82, 2.24) is 0 Å². The summed E-state index contributed by atoms with van der Waals surface area (Å²) in [4.78, 5) is 2.38. The summed E-state index contributed by atoms with van der Waals surface area (Å²) in [6, 6.07) is 12.4. The largest absolute Gasteiger partial charge is 0.508 e. The Morgan fingerprint density at radius 1 is 1.05 bits per heavy atom. The second kappa shape index (κ2) is 6.04. The molecule has 0 amide bonds. The van der Waals surface area contributed by atoms with Crippen LogP contribution in [0.2, 0.25) is 0 Å². The quantitative estimate of drug-likeness (QED) is 0.898. The van der Waals surface area contributed by atoms with Crippen molar-refractivity contribution in [3.8, 4) is 5.75 Å². The first-order valence-electron chi connectivity index (χ1n) is 7.28. The van der Waals surface area contributed by atoms with Crippen molar-refractivity contribution < 1.29 is 9.50 Å². The van der Waals surface area contributed by atoms with Crippen molar-refractivity contribution in [2.75, 3.05) is 23.3 Å². The van der Waals surface area contributed by atoms with Crippen molar-refractivity contribution in [3.05, 3.63) is 53.8 Å². The van der Waals surface area contributed by atoms with Gasteiger partial charge in [-0.05, 0) is 54.8 Å². The predicted octanol–water partition coefficient (Wildman–Crippen LogP) is 3.74. The number of nitrogens with zero attached hydrogens (tertiary/aromatic N) is 1. The summed E-state index contributed by atoms with van der Waals surface area (Å²) < 4.78 is 13.2. The van der Waals surface area contributed by atoms with Crippen molar-refractivity contribution >= 4 is 11.4 Å². The second-order valence-electron chi connectivity index (χ2n) is 5.41. The maximum Gasteiger partial charge on any atom is 0.127 e.